The molecule has 90 valence electrons. The molecule has 0 aliphatic rings. The molecule has 2 aromatic rings. The van der Waals surface area contributed by atoms with E-state index in [-0.39, 0.29) is 11.6 Å². The molecule has 1 aromatic heterocycles. The summed E-state index contributed by atoms with van der Waals surface area (Å²) in [6.07, 6.45) is 2.61. The van der Waals surface area contributed by atoms with Gasteiger partial charge in [0.15, 0.2) is 5.03 Å². The van der Waals surface area contributed by atoms with Crippen molar-refractivity contribution in [2.45, 2.75) is 18.5 Å². The van der Waals surface area contributed by atoms with E-state index in [1.807, 2.05) is 31.2 Å². The summed E-state index contributed by atoms with van der Waals surface area (Å²) in [5.74, 6) is 0. The van der Waals surface area contributed by atoms with Crippen LogP contribution >= 0.6 is 0 Å². The summed E-state index contributed by atoms with van der Waals surface area (Å²) in [5.41, 5.74) is 2.02. The number of aromatic nitrogens is 2. The van der Waals surface area contributed by atoms with Gasteiger partial charge in [-0.05, 0) is 12.5 Å². The zero-order valence-electron chi connectivity index (χ0n) is 9.34. The number of sulfonamides is 1. The fourth-order valence-corrected chi connectivity index (χ4v) is 2.39. The van der Waals surface area contributed by atoms with Crippen LogP contribution < -0.4 is 4.72 Å². The number of imidazole rings is 1. The highest BCUT2D eigenvalue weighted by Gasteiger charge is 2.14. The van der Waals surface area contributed by atoms with E-state index in [1.54, 1.807) is 0 Å². The molecule has 1 heterocycles. The van der Waals surface area contributed by atoms with E-state index in [2.05, 4.69) is 14.7 Å². The zero-order valence-corrected chi connectivity index (χ0v) is 10.2. The molecule has 0 radical (unpaired) electrons. The van der Waals surface area contributed by atoms with Gasteiger partial charge in [-0.15, -0.1) is 0 Å². The van der Waals surface area contributed by atoms with E-state index < -0.39 is 10.0 Å². The summed E-state index contributed by atoms with van der Waals surface area (Å²) < 4.78 is 26.0. The summed E-state index contributed by atoms with van der Waals surface area (Å²) >= 11 is 0. The molecule has 0 saturated heterocycles. The molecule has 0 amide bonds. The molecule has 5 nitrogen and oxygen atoms in total. The van der Waals surface area contributed by atoms with Crippen LogP contribution in [0.4, 0.5) is 0 Å². The van der Waals surface area contributed by atoms with Crippen molar-refractivity contribution < 1.29 is 8.42 Å². The van der Waals surface area contributed by atoms with Gasteiger partial charge in [-0.3, -0.25) is 0 Å². The second-order valence-electron chi connectivity index (χ2n) is 3.73. The lowest BCUT2D eigenvalue weighted by atomic mass is 10.1. The van der Waals surface area contributed by atoms with E-state index >= 15 is 0 Å². The number of benzene rings is 1. The minimum absolute atomic E-state index is 0.0742. The molecule has 6 heteroatoms. The molecule has 17 heavy (non-hydrogen) atoms. The Labute approximate surface area is 100.0 Å². The lowest BCUT2D eigenvalue weighted by molar-refractivity contribution is 0.578. The first-order valence-electron chi connectivity index (χ1n) is 5.11. The molecule has 2 rings (SSSR count). The second-order valence-corrected chi connectivity index (χ2v) is 5.46. The fourth-order valence-electron chi connectivity index (χ4n) is 1.47. The standard InChI is InChI=1S/C11H13N3O2S/c1-9-3-2-4-10(5-9)6-14-17(15,16)11-7-12-8-13-11/h2-5,7-8,14H,6H2,1H3,(H,12,13). The highest BCUT2D eigenvalue weighted by atomic mass is 32.2. The van der Waals surface area contributed by atoms with E-state index in [1.165, 1.54) is 12.5 Å². The molecule has 0 atom stereocenters. The normalized spacial score (nSPS) is 11.6. The first-order chi connectivity index (χ1) is 8.08. The van der Waals surface area contributed by atoms with Crippen LogP contribution in [0, 0.1) is 6.92 Å². The van der Waals surface area contributed by atoms with Gasteiger partial charge in [-0.25, -0.2) is 18.1 Å². The maximum atomic E-state index is 11.8. The van der Waals surface area contributed by atoms with Crippen molar-refractivity contribution in [2.75, 3.05) is 0 Å². The van der Waals surface area contributed by atoms with Crippen molar-refractivity contribution in [3.05, 3.63) is 47.9 Å². The Hall–Kier alpha value is -1.66. The topological polar surface area (TPSA) is 74.8 Å². The smallest absolute Gasteiger partial charge is 0.257 e. The maximum absolute atomic E-state index is 11.8. The lowest BCUT2D eigenvalue weighted by Crippen LogP contribution is -2.23. The van der Waals surface area contributed by atoms with Crippen molar-refractivity contribution in [1.29, 1.82) is 0 Å². The average Bonchev–Trinajstić information content (AvgIpc) is 2.81. The average molecular weight is 251 g/mol. The third-order valence-corrected chi connectivity index (χ3v) is 3.64. The van der Waals surface area contributed by atoms with Crippen molar-refractivity contribution in [2.24, 2.45) is 0 Å². The van der Waals surface area contributed by atoms with Crippen molar-refractivity contribution in [1.82, 2.24) is 14.7 Å². The third kappa shape index (κ3) is 2.92. The Balaban J connectivity index is 2.08. The Morgan fingerprint density at radius 2 is 2.24 bits per heavy atom. The second kappa shape index (κ2) is 4.68. The van der Waals surface area contributed by atoms with Gasteiger partial charge in [0.1, 0.15) is 0 Å². The van der Waals surface area contributed by atoms with Gasteiger partial charge in [0.05, 0.1) is 12.5 Å². The summed E-state index contributed by atoms with van der Waals surface area (Å²) in [6.45, 7) is 2.23. The van der Waals surface area contributed by atoms with Crippen LogP contribution in [-0.4, -0.2) is 18.4 Å². The molecule has 0 spiro atoms. The third-order valence-electron chi connectivity index (χ3n) is 2.31. The van der Waals surface area contributed by atoms with Gasteiger partial charge < -0.3 is 4.98 Å². The van der Waals surface area contributed by atoms with Gasteiger partial charge in [-0.1, -0.05) is 29.8 Å². The van der Waals surface area contributed by atoms with E-state index in [0.29, 0.717) is 0 Å². The summed E-state index contributed by atoms with van der Waals surface area (Å²) in [6, 6.07) is 7.68. The van der Waals surface area contributed by atoms with Crippen LogP contribution in [0.15, 0.2) is 41.8 Å². The predicted molar refractivity (Wildman–Crippen MR) is 63.8 cm³/mol. The molecule has 0 bridgehead atoms. The Morgan fingerprint density at radius 3 is 2.88 bits per heavy atom. The quantitative estimate of drug-likeness (QED) is 0.857. The van der Waals surface area contributed by atoms with Gasteiger partial charge in [0, 0.05) is 6.54 Å². The Kier molecular flexibility index (Phi) is 3.26. The number of nitrogens with zero attached hydrogens (tertiary/aromatic N) is 1. The number of nitrogens with one attached hydrogen (secondary N) is 2. The van der Waals surface area contributed by atoms with E-state index in [0.717, 1.165) is 11.1 Å². The first kappa shape index (κ1) is 11.8. The highest BCUT2D eigenvalue weighted by molar-refractivity contribution is 7.89. The van der Waals surface area contributed by atoms with Gasteiger partial charge in [0.2, 0.25) is 0 Å². The minimum Gasteiger partial charge on any atom is -0.335 e. The molecule has 0 unspecified atom stereocenters. The molecule has 2 N–H and O–H groups in total. The Morgan fingerprint density at radius 1 is 1.41 bits per heavy atom. The number of rotatable bonds is 4. The first-order valence-corrected chi connectivity index (χ1v) is 6.60. The Bertz CT molecular complexity index is 591. The molecule has 0 saturated carbocycles. The zero-order chi connectivity index (χ0) is 12.3. The number of hydrogen-bond acceptors (Lipinski definition) is 3. The summed E-state index contributed by atoms with van der Waals surface area (Å²) in [7, 11) is -3.50. The van der Waals surface area contributed by atoms with Crippen molar-refractivity contribution in [3.63, 3.8) is 0 Å². The lowest BCUT2D eigenvalue weighted by Gasteiger charge is -2.05. The van der Waals surface area contributed by atoms with Crippen LogP contribution in [0.3, 0.4) is 0 Å². The number of aryl methyl sites for hydroxylation is 1. The summed E-state index contributed by atoms with van der Waals surface area (Å²) in [4.78, 5) is 6.25. The minimum atomic E-state index is -3.50. The van der Waals surface area contributed by atoms with Crippen LogP contribution in [0.1, 0.15) is 11.1 Å². The SMILES string of the molecule is Cc1cccc(CNS(=O)(=O)c2cnc[nH]2)c1. The molecule has 0 aliphatic heterocycles. The van der Waals surface area contributed by atoms with Crippen LogP contribution in [-0.2, 0) is 16.6 Å². The van der Waals surface area contributed by atoms with Crippen LogP contribution in [0.25, 0.3) is 0 Å². The molecular weight excluding hydrogens is 238 g/mol. The van der Waals surface area contributed by atoms with Crippen LogP contribution in [0.5, 0.6) is 0 Å². The number of H-pyrrole nitrogens is 1. The summed E-state index contributed by atoms with van der Waals surface area (Å²) in [5, 5.41) is 0.0742. The van der Waals surface area contributed by atoms with E-state index in [4.69, 9.17) is 0 Å². The molecular formula is C11H13N3O2S. The van der Waals surface area contributed by atoms with Crippen LogP contribution in [0.2, 0.25) is 0 Å². The largest absolute Gasteiger partial charge is 0.335 e. The van der Waals surface area contributed by atoms with E-state index in [9.17, 15) is 8.42 Å². The van der Waals surface area contributed by atoms with Crippen molar-refractivity contribution >= 4 is 10.0 Å². The molecule has 1 aromatic carbocycles. The highest BCUT2D eigenvalue weighted by Crippen LogP contribution is 2.06. The predicted octanol–water partition coefficient (Wildman–Crippen LogP) is 1.20. The number of hydrogen-bond donors (Lipinski definition) is 2. The van der Waals surface area contributed by atoms with Gasteiger partial charge in [-0.2, -0.15) is 0 Å². The van der Waals surface area contributed by atoms with Gasteiger partial charge in [0.25, 0.3) is 10.0 Å². The molecule has 0 fully saturated rings. The maximum Gasteiger partial charge on any atom is 0.257 e. The van der Waals surface area contributed by atoms with Crippen molar-refractivity contribution in [3.8, 4) is 0 Å². The monoisotopic (exact) mass is 251 g/mol. The molecule has 0 aliphatic carbocycles. The van der Waals surface area contributed by atoms with Gasteiger partial charge >= 0.3 is 0 Å². The fraction of sp³-hybridized carbons (Fsp3) is 0.182. The number of aromatic amines is 1.